The molecule has 1 aromatic heterocycles. The average molecular weight is 437 g/mol. The van der Waals surface area contributed by atoms with Crippen LogP contribution >= 0.6 is 0 Å². The molecule has 0 unspecified atom stereocenters. The molecule has 0 radical (unpaired) electrons. The number of piperidine rings is 1. The Morgan fingerprint density at radius 1 is 1.27 bits per heavy atom. The zero-order valence-electron chi connectivity index (χ0n) is 17.3. The third-order valence-corrected chi connectivity index (χ3v) is 6.67. The van der Waals surface area contributed by atoms with Crippen LogP contribution in [0.2, 0.25) is 0 Å². The maximum absolute atomic E-state index is 12.5. The molecular weight excluding hydrogens is 408 g/mol. The second-order valence-corrected chi connectivity index (χ2v) is 9.21. The Labute approximate surface area is 176 Å². The molecular formula is C20H28N4O5S. The van der Waals surface area contributed by atoms with Crippen LogP contribution in [-0.4, -0.2) is 61.4 Å². The molecule has 0 atom stereocenters. The van der Waals surface area contributed by atoms with E-state index in [0.29, 0.717) is 50.5 Å². The van der Waals surface area contributed by atoms with Crippen LogP contribution in [0.1, 0.15) is 38.5 Å². The van der Waals surface area contributed by atoms with Gasteiger partial charge in [0.2, 0.25) is 27.6 Å². The van der Waals surface area contributed by atoms with Gasteiger partial charge in [0.15, 0.2) is 0 Å². The summed E-state index contributed by atoms with van der Waals surface area (Å²) in [5.41, 5.74) is 0.810. The number of carbonyl (C=O) groups excluding carboxylic acids is 1. The lowest BCUT2D eigenvalue weighted by atomic mass is 10.1. The molecule has 1 aliphatic rings. The molecule has 2 aromatic rings. The van der Waals surface area contributed by atoms with Crippen molar-refractivity contribution < 1.29 is 22.5 Å². The first-order valence-electron chi connectivity index (χ1n) is 10.1. The molecule has 2 heterocycles. The lowest BCUT2D eigenvalue weighted by Gasteiger charge is -2.32. The number of benzene rings is 1. The van der Waals surface area contributed by atoms with Gasteiger partial charge in [0.05, 0.1) is 12.9 Å². The van der Waals surface area contributed by atoms with Gasteiger partial charge in [-0.05, 0) is 43.5 Å². The van der Waals surface area contributed by atoms with E-state index >= 15 is 0 Å². The Morgan fingerprint density at radius 3 is 2.60 bits per heavy atom. The van der Waals surface area contributed by atoms with Crippen LogP contribution in [-0.2, 0) is 21.2 Å². The maximum atomic E-state index is 12.5. The summed E-state index contributed by atoms with van der Waals surface area (Å²) in [4.78, 5) is 18.6. The molecule has 3 rings (SSSR count). The normalized spacial score (nSPS) is 15.3. The Morgan fingerprint density at radius 2 is 1.97 bits per heavy atom. The Kier molecular flexibility index (Phi) is 7.43. The number of nitrogens with zero attached hydrogens (tertiary/aromatic N) is 3. The van der Waals surface area contributed by atoms with Gasteiger partial charge in [-0.2, -0.15) is 4.98 Å². The summed E-state index contributed by atoms with van der Waals surface area (Å²) in [6.07, 6.45) is 2.47. The fourth-order valence-corrected chi connectivity index (χ4v) is 4.81. The number of carbonyl (C=O) groups is 1. The zero-order chi connectivity index (χ0) is 21.6. The molecule has 1 N–H and O–H groups in total. The lowest BCUT2D eigenvalue weighted by molar-refractivity contribution is -0.132. The highest BCUT2D eigenvalue weighted by atomic mass is 32.2. The predicted molar refractivity (Wildman–Crippen MR) is 111 cm³/mol. The molecule has 1 aromatic carbocycles. The summed E-state index contributed by atoms with van der Waals surface area (Å²) in [6.45, 7) is 2.92. The number of ether oxygens (including phenoxy) is 1. The largest absolute Gasteiger partial charge is 0.497 e. The van der Waals surface area contributed by atoms with Gasteiger partial charge in [-0.15, -0.1) is 0 Å². The number of hydrogen-bond donors (Lipinski definition) is 1. The van der Waals surface area contributed by atoms with E-state index in [1.54, 1.807) is 12.0 Å². The van der Waals surface area contributed by atoms with Gasteiger partial charge in [0.1, 0.15) is 5.75 Å². The molecule has 9 nitrogen and oxygen atoms in total. The first-order valence-corrected chi connectivity index (χ1v) is 11.8. The van der Waals surface area contributed by atoms with Crippen molar-refractivity contribution >= 4 is 15.9 Å². The minimum atomic E-state index is -3.23. The predicted octanol–water partition coefficient (Wildman–Crippen LogP) is 2.00. The average Bonchev–Trinajstić information content (AvgIpc) is 3.21. The van der Waals surface area contributed by atoms with E-state index in [-0.39, 0.29) is 24.1 Å². The number of aromatic nitrogens is 2. The van der Waals surface area contributed by atoms with Gasteiger partial charge in [0.25, 0.3) is 0 Å². The van der Waals surface area contributed by atoms with Crippen molar-refractivity contribution in [1.82, 2.24) is 19.8 Å². The first-order chi connectivity index (χ1) is 14.4. The highest BCUT2D eigenvalue weighted by Crippen LogP contribution is 2.20. The molecule has 0 saturated carbocycles. The van der Waals surface area contributed by atoms with Gasteiger partial charge >= 0.3 is 0 Å². The zero-order valence-corrected chi connectivity index (χ0v) is 18.2. The molecule has 0 spiro atoms. The van der Waals surface area contributed by atoms with E-state index in [2.05, 4.69) is 14.9 Å². The second-order valence-electron chi connectivity index (χ2n) is 7.33. The fraction of sp³-hybridized carbons (Fsp3) is 0.550. The van der Waals surface area contributed by atoms with E-state index in [9.17, 15) is 13.2 Å². The van der Waals surface area contributed by atoms with Crippen molar-refractivity contribution in [1.29, 1.82) is 0 Å². The Balaban J connectivity index is 1.46. The molecule has 164 valence electrons. The fourth-order valence-electron chi connectivity index (χ4n) is 3.41. The topological polar surface area (TPSA) is 115 Å². The van der Waals surface area contributed by atoms with Gasteiger partial charge in [-0.1, -0.05) is 12.1 Å². The van der Waals surface area contributed by atoms with Crippen LogP contribution in [0.5, 0.6) is 5.75 Å². The molecule has 1 amide bonds. The van der Waals surface area contributed by atoms with Gasteiger partial charge in [-0.3, -0.25) is 4.79 Å². The smallest absolute Gasteiger partial charge is 0.227 e. The van der Waals surface area contributed by atoms with E-state index in [1.165, 1.54) is 0 Å². The number of hydrogen-bond acceptors (Lipinski definition) is 7. The molecule has 0 bridgehead atoms. The monoisotopic (exact) mass is 436 g/mol. The second kappa shape index (κ2) is 10.0. The SMILES string of the molecule is CCCS(=O)(=O)NC1CCN(C(=O)CCc2nc(-c3ccc(OC)cc3)no2)CC1. The van der Waals surface area contributed by atoms with Crippen molar-refractivity contribution in [3.8, 4) is 17.1 Å². The van der Waals surface area contributed by atoms with Crippen molar-refractivity contribution in [3.05, 3.63) is 30.2 Å². The van der Waals surface area contributed by atoms with Gasteiger partial charge < -0.3 is 14.2 Å². The van der Waals surface area contributed by atoms with E-state index in [1.807, 2.05) is 31.2 Å². The quantitative estimate of drug-likeness (QED) is 0.639. The summed E-state index contributed by atoms with van der Waals surface area (Å²) >= 11 is 0. The third-order valence-electron chi connectivity index (χ3n) is 5.04. The number of rotatable bonds is 9. The van der Waals surface area contributed by atoms with Crippen LogP contribution in [0.25, 0.3) is 11.4 Å². The van der Waals surface area contributed by atoms with E-state index < -0.39 is 10.0 Å². The van der Waals surface area contributed by atoms with Crippen molar-refractivity contribution in [3.63, 3.8) is 0 Å². The standard InChI is InChI=1S/C20H28N4O5S/c1-3-14-30(26,27)23-16-10-12-24(13-11-16)19(25)9-8-18-21-20(22-29-18)15-4-6-17(28-2)7-5-15/h4-7,16,23H,3,8-14H2,1-2H3. The minimum absolute atomic E-state index is 0.00839. The molecule has 1 fully saturated rings. The van der Waals surface area contributed by atoms with Crippen LogP contribution in [0, 0.1) is 0 Å². The molecule has 0 aliphatic carbocycles. The number of sulfonamides is 1. The van der Waals surface area contributed by atoms with Crippen LogP contribution in [0.15, 0.2) is 28.8 Å². The number of amides is 1. The number of nitrogens with one attached hydrogen (secondary N) is 1. The highest BCUT2D eigenvalue weighted by molar-refractivity contribution is 7.89. The summed E-state index contributed by atoms with van der Waals surface area (Å²) in [6, 6.07) is 7.23. The van der Waals surface area contributed by atoms with Crippen LogP contribution in [0.4, 0.5) is 0 Å². The number of aryl methyl sites for hydroxylation is 1. The maximum Gasteiger partial charge on any atom is 0.227 e. The third kappa shape index (κ3) is 6.02. The molecule has 30 heavy (non-hydrogen) atoms. The lowest BCUT2D eigenvalue weighted by Crippen LogP contribution is -2.47. The first kappa shape index (κ1) is 22.2. The summed E-state index contributed by atoms with van der Waals surface area (Å²) in [5.74, 6) is 1.77. The van der Waals surface area contributed by atoms with Crippen LogP contribution in [0.3, 0.4) is 0 Å². The molecule has 1 saturated heterocycles. The summed E-state index contributed by atoms with van der Waals surface area (Å²) in [7, 11) is -1.62. The Hall–Kier alpha value is -2.46. The van der Waals surface area contributed by atoms with Crippen molar-refractivity contribution in [2.75, 3.05) is 26.0 Å². The van der Waals surface area contributed by atoms with E-state index in [0.717, 1.165) is 11.3 Å². The molecule has 10 heteroatoms. The van der Waals surface area contributed by atoms with Gasteiger partial charge in [-0.25, -0.2) is 13.1 Å². The van der Waals surface area contributed by atoms with Crippen LogP contribution < -0.4 is 9.46 Å². The minimum Gasteiger partial charge on any atom is -0.497 e. The van der Waals surface area contributed by atoms with Crippen molar-refractivity contribution in [2.45, 2.75) is 45.1 Å². The number of methoxy groups -OCH3 is 1. The van der Waals surface area contributed by atoms with Gasteiger partial charge in [0, 0.05) is 37.5 Å². The summed E-state index contributed by atoms with van der Waals surface area (Å²) in [5, 5.41) is 3.97. The Bertz CT molecular complexity index is 934. The molecule has 1 aliphatic heterocycles. The summed E-state index contributed by atoms with van der Waals surface area (Å²) < 4.78 is 36.9. The van der Waals surface area contributed by atoms with E-state index in [4.69, 9.17) is 9.26 Å². The highest BCUT2D eigenvalue weighted by Gasteiger charge is 2.25. The number of likely N-dealkylation sites (tertiary alicyclic amines) is 1. The van der Waals surface area contributed by atoms with Crippen molar-refractivity contribution in [2.24, 2.45) is 0 Å².